The van der Waals surface area contributed by atoms with Crippen molar-refractivity contribution in [3.63, 3.8) is 0 Å². The van der Waals surface area contributed by atoms with Crippen LogP contribution >= 0.6 is 11.6 Å². The van der Waals surface area contributed by atoms with E-state index in [1.807, 2.05) is 0 Å². The quantitative estimate of drug-likeness (QED) is 0.497. The lowest BCUT2D eigenvalue weighted by Crippen LogP contribution is -2.19. The molecule has 2 aromatic rings. The maximum absolute atomic E-state index is 13.4. The van der Waals surface area contributed by atoms with Crippen LogP contribution in [-0.2, 0) is 25.2 Å². The highest BCUT2D eigenvalue weighted by atomic mass is 35.5. The van der Waals surface area contributed by atoms with Crippen LogP contribution in [0.3, 0.4) is 0 Å². The lowest BCUT2D eigenvalue weighted by atomic mass is 9.97. The Morgan fingerprint density at radius 1 is 1.06 bits per heavy atom. The lowest BCUT2D eigenvalue weighted by molar-refractivity contribution is -0.148. The van der Waals surface area contributed by atoms with E-state index in [-0.39, 0.29) is 24.9 Å². The van der Waals surface area contributed by atoms with Crippen LogP contribution in [0.2, 0.25) is 5.02 Å². The van der Waals surface area contributed by atoms with Gasteiger partial charge in [0.1, 0.15) is 0 Å². The molecule has 0 aliphatic heterocycles. The van der Waals surface area contributed by atoms with Gasteiger partial charge in [0, 0.05) is 38.2 Å². The van der Waals surface area contributed by atoms with Gasteiger partial charge in [-0.3, -0.25) is 9.59 Å². The first-order valence-electron chi connectivity index (χ1n) is 9.43. The fourth-order valence-electron chi connectivity index (χ4n) is 3.00. The van der Waals surface area contributed by atoms with Crippen molar-refractivity contribution in [3.8, 4) is 0 Å². The molecule has 31 heavy (non-hydrogen) atoms. The predicted octanol–water partition coefficient (Wildman–Crippen LogP) is 5.40. The number of hydrogen-bond donors (Lipinski definition) is 0. The first-order chi connectivity index (χ1) is 14.5. The molecule has 0 N–H and O–H groups in total. The number of methoxy groups -OCH3 is 1. The van der Waals surface area contributed by atoms with Gasteiger partial charge in [-0.1, -0.05) is 41.9 Å². The largest absolute Gasteiger partial charge is 0.469 e. The molecule has 0 bridgehead atoms. The molecule has 0 aromatic heterocycles. The molecule has 2 rings (SSSR count). The van der Waals surface area contributed by atoms with E-state index in [0.29, 0.717) is 11.1 Å². The van der Waals surface area contributed by atoms with Gasteiger partial charge in [-0.05, 0) is 24.1 Å². The zero-order valence-electron chi connectivity index (χ0n) is 17.3. The molecule has 0 amide bonds. The number of alkyl halides is 3. The van der Waals surface area contributed by atoms with Gasteiger partial charge in [-0.25, -0.2) is 0 Å². The van der Waals surface area contributed by atoms with Crippen molar-refractivity contribution in [2.75, 3.05) is 26.1 Å². The Labute approximate surface area is 183 Å². The van der Waals surface area contributed by atoms with Crippen LogP contribution in [0.25, 0.3) is 0 Å². The average Bonchev–Trinajstić information content (AvgIpc) is 2.71. The highest BCUT2D eigenvalue weighted by Gasteiger charge is 2.35. The Bertz CT molecular complexity index is 917. The molecule has 9 heteroatoms. The summed E-state index contributed by atoms with van der Waals surface area (Å²) in [7, 11) is 4.43. The van der Waals surface area contributed by atoms with E-state index < -0.39 is 34.8 Å². The standard InChI is InChI=1S/C22H23ClF3NO4/c1-27(2)18-13-16(22(24,25)26)17(23)12-15(18)21(14-8-5-4-6-9-14)31-20(29)11-7-10-19(28)30-3/h4-6,8-9,12-13,21H,7,10-11H2,1-3H3. The second-order valence-corrected chi connectivity index (χ2v) is 7.40. The summed E-state index contributed by atoms with van der Waals surface area (Å²) in [6, 6.07) is 10.8. The number of rotatable bonds is 8. The van der Waals surface area contributed by atoms with Crippen LogP contribution in [-0.4, -0.2) is 33.1 Å². The second kappa shape index (κ2) is 10.5. The van der Waals surface area contributed by atoms with Crippen molar-refractivity contribution in [2.45, 2.75) is 31.5 Å². The maximum Gasteiger partial charge on any atom is 0.417 e. The van der Waals surface area contributed by atoms with Crippen LogP contribution < -0.4 is 4.90 Å². The third-order valence-electron chi connectivity index (χ3n) is 4.53. The van der Waals surface area contributed by atoms with Gasteiger partial charge in [-0.2, -0.15) is 13.2 Å². The van der Waals surface area contributed by atoms with E-state index in [1.165, 1.54) is 18.1 Å². The molecule has 0 heterocycles. The van der Waals surface area contributed by atoms with Gasteiger partial charge in [0.25, 0.3) is 0 Å². The minimum Gasteiger partial charge on any atom is -0.469 e. The predicted molar refractivity (Wildman–Crippen MR) is 111 cm³/mol. The number of halogens is 4. The molecule has 0 saturated carbocycles. The van der Waals surface area contributed by atoms with Crippen molar-refractivity contribution >= 4 is 29.2 Å². The number of esters is 2. The third-order valence-corrected chi connectivity index (χ3v) is 4.84. The molecule has 5 nitrogen and oxygen atoms in total. The fourth-order valence-corrected chi connectivity index (χ4v) is 3.28. The van der Waals surface area contributed by atoms with Crippen molar-refractivity contribution in [1.82, 2.24) is 0 Å². The van der Waals surface area contributed by atoms with Crippen LogP contribution in [0, 0.1) is 0 Å². The molecule has 168 valence electrons. The highest BCUT2D eigenvalue weighted by Crippen LogP contribution is 2.42. The lowest BCUT2D eigenvalue weighted by Gasteiger charge is -2.26. The number of anilines is 1. The summed E-state index contributed by atoms with van der Waals surface area (Å²) in [6.45, 7) is 0. The van der Waals surface area contributed by atoms with Gasteiger partial charge < -0.3 is 14.4 Å². The van der Waals surface area contributed by atoms with Crippen LogP contribution in [0.15, 0.2) is 42.5 Å². The fraction of sp³-hybridized carbons (Fsp3) is 0.364. The highest BCUT2D eigenvalue weighted by molar-refractivity contribution is 6.31. The molecule has 1 unspecified atom stereocenters. The summed E-state index contributed by atoms with van der Waals surface area (Å²) >= 11 is 5.96. The number of benzene rings is 2. The molecule has 0 aliphatic rings. The number of hydrogen-bond acceptors (Lipinski definition) is 5. The van der Waals surface area contributed by atoms with Gasteiger partial charge in [0.2, 0.25) is 0 Å². The summed E-state index contributed by atoms with van der Waals surface area (Å²) in [4.78, 5) is 25.2. The van der Waals surface area contributed by atoms with Crippen LogP contribution in [0.1, 0.15) is 42.1 Å². The topological polar surface area (TPSA) is 55.8 Å². The molecule has 0 saturated heterocycles. The minimum atomic E-state index is -4.63. The van der Waals surface area contributed by atoms with E-state index in [2.05, 4.69) is 4.74 Å². The Morgan fingerprint density at radius 2 is 1.68 bits per heavy atom. The average molecular weight is 458 g/mol. The van der Waals surface area contributed by atoms with Crippen molar-refractivity contribution in [3.05, 3.63) is 64.2 Å². The summed E-state index contributed by atoms with van der Waals surface area (Å²) in [5, 5.41) is -0.490. The molecular weight excluding hydrogens is 435 g/mol. The van der Waals surface area contributed by atoms with Crippen LogP contribution in [0.4, 0.5) is 18.9 Å². The first kappa shape index (κ1) is 24.5. The van der Waals surface area contributed by atoms with E-state index in [0.717, 1.165) is 6.07 Å². The maximum atomic E-state index is 13.4. The number of nitrogens with zero attached hydrogens (tertiary/aromatic N) is 1. The number of carbonyl (C=O) groups is 2. The van der Waals surface area contributed by atoms with E-state index >= 15 is 0 Å². The molecule has 2 aromatic carbocycles. The Morgan fingerprint density at radius 3 is 2.23 bits per heavy atom. The molecule has 1 atom stereocenters. The second-order valence-electron chi connectivity index (χ2n) is 6.99. The summed E-state index contributed by atoms with van der Waals surface area (Å²) < 4.78 is 50.3. The molecular formula is C22H23ClF3NO4. The first-order valence-corrected chi connectivity index (χ1v) is 9.81. The molecule has 0 radical (unpaired) electrons. The van der Waals surface area contributed by atoms with Gasteiger partial charge in [-0.15, -0.1) is 0 Å². The Hall–Kier alpha value is -2.74. The molecule has 0 spiro atoms. The number of ether oxygens (including phenoxy) is 2. The zero-order chi connectivity index (χ0) is 23.2. The Kier molecular flexibility index (Phi) is 8.33. The normalized spacial score (nSPS) is 12.2. The van der Waals surface area contributed by atoms with Gasteiger partial charge >= 0.3 is 18.1 Å². The SMILES string of the molecule is COC(=O)CCCC(=O)OC(c1ccccc1)c1cc(Cl)c(C(F)(F)F)cc1N(C)C. The van der Waals surface area contributed by atoms with E-state index in [9.17, 15) is 22.8 Å². The smallest absolute Gasteiger partial charge is 0.417 e. The van der Waals surface area contributed by atoms with Crippen molar-refractivity contribution < 1.29 is 32.2 Å². The molecule has 0 aliphatic carbocycles. The molecule has 0 fully saturated rings. The Balaban J connectivity index is 2.44. The van der Waals surface area contributed by atoms with Gasteiger partial charge in [0.05, 0.1) is 17.7 Å². The summed E-state index contributed by atoms with van der Waals surface area (Å²) in [6.07, 6.45) is -5.39. The van der Waals surface area contributed by atoms with Crippen molar-refractivity contribution in [1.29, 1.82) is 0 Å². The minimum absolute atomic E-state index is 0.0515. The summed E-state index contributed by atoms with van der Waals surface area (Å²) in [5.41, 5.74) is 0.129. The van der Waals surface area contributed by atoms with Crippen molar-refractivity contribution in [2.24, 2.45) is 0 Å². The monoisotopic (exact) mass is 457 g/mol. The summed E-state index contributed by atoms with van der Waals surface area (Å²) in [5.74, 6) is -1.05. The van der Waals surface area contributed by atoms with E-state index in [4.69, 9.17) is 16.3 Å². The number of carbonyl (C=O) groups excluding carboxylic acids is 2. The van der Waals surface area contributed by atoms with Gasteiger partial charge in [0.15, 0.2) is 6.10 Å². The van der Waals surface area contributed by atoms with Crippen LogP contribution in [0.5, 0.6) is 0 Å². The zero-order valence-corrected chi connectivity index (χ0v) is 18.1. The third kappa shape index (κ3) is 6.62. The van der Waals surface area contributed by atoms with E-state index in [1.54, 1.807) is 44.4 Å².